The number of anilines is 1. The number of rotatable bonds is 3. The number of benzene rings is 1. The molecule has 0 radical (unpaired) electrons. The summed E-state index contributed by atoms with van der Waals surface area (Å²) >= 11 is 0. The molecule has 25 heavy (non-hydrogen) atoms. The Morgan fingerprint density at radius 2 is 2.12 bits per heavy atom. The highest BCUT2D eigenvalue weighted by Crippen LogP contribution is 2.26. The maximum absolute atomic E-state index is 13.9. The number of hydrogen-bond acceptors (Lipinski definition) is 4. The fraction of sp³-hybridized carbons (Fsp3) is 0.222. The highest BCUT2D eigenvalue weighted by atomic mass is 19.1. The van der Waals surface area contributed by atoms with Gasteiger partial charge in [0.1, 0.15) is 23.6 Å². The second kappa shape index (κ2) is 6.69. The highest BCUT2D eigenvalue weighted by Gasteiger charge is 2.38. The van der Waals surface area contributed by atoms with Gasteiger partial charge in [0.25, 0.3) is 5.91 Å². The standard InChI is InChI=1S/C18H15FN4O2/c1-22(17(24)12-6-7-13(10-20)21-11-12)16-8-9-23(18(16)25)15-5-3-2-4-14(15)19/h2-7,11,16H,8-9H2,1H3. The Kier molecular flexibility index (Phi) is 4.44. The van der Waals surface area contributed by atoms with E-state index in [4.69, 9.17) is 5.26 Å². The summed E-state index contributed by atoms with van der Waals surface area (Å²) in [6, 6.07) is 10.2. The fourth-order valence-electron chi connectivity index (χ4n) is 2.87. The van der Waals surface area contributed by atoms with E-state index in [2.05, 4.69) is 4.98 Å². The van der Waals surface area contributed by atoms with Gasteiger partial charge in [-0.15, -0.1) is 0 Å². The summed E-state index contributed by atoms with van der Waals surface area (Å²) in [6.45, 7) is 0.341. The molecule has 2 heterocycles. The molecule has 0 aliphatic carbocycles. The number of carbonyl (C=O) groups excluding carboxylic acids is 2. The molecule has 1 unspecified atom stereocenters. The van der Waals surface area contributed by atoms with Crippen LogP contribution < -0.4 is 4.90 Å². The molecule has 0 N–H and O–H groups in total. The minimum Gasteiger partial charge on any atom is -0.330 e. The van der Waals surface area contributed by atoms with Crippen molar-refractivity contribution in [3.05, 3.63) is 59.7 Å². The first-order valence-corrected chi connectivity index (χ1v) is 7.72. The van der Waals surface area contributed by atoms with Crippen molar-refractivity contribution in [2.45, 2.75) is 12.5 Å². The Morgan fingerprint density at radius 3 is 2.76 bits per heavy atom. The van der Waals surface area contributed by atoms with E-state index < -0.39 is 11.9 Å². The number of likely N-dealkylation sites (N-methyl/N-ethyl adjacent to an activating group) is 1. The lowest BCUT2D eigenvalue weighted by Crippen LogP contribution is -2.43. The zero-order valence-electron chi connectivity index (χ0n) is 13.5. The van der Waals surface area contributed by atoms with Crippen LogP contribution in [0, 0.1) is 17.1 Å². The van der Waals surface area contributed by atoms with E-state index in [1.54, 1.807) is 18.2 Å². The van der Waals surface area contributed by atoms with Gasteiger partial charge in [-0.05, 0) is 30.7 Å². The van der Waals surface area contributed by atoms with E-state index in [0.29, 0.717) is 18.5 Å². The smallest absolute Gasteiger partial charge is 0.255 e. The average Bonchev–Trinajstić information content (AvgIpc) is 3.02. The normalized spacial score (nSPS) is 16.6. The van der Waals surface area contributed by atoms with Crippen LogP contribution in [0.25, 0.3) is 0 Å². The lowest BCUT2D eigenvalue weighted by Gasteiger charge is -2.24. The largest absolute Gasteiger partial charge is 0.330 e. The molecule has 2 aromatic rings. The van der Waals surface area contributed by atoms with Crippen molar-refractivity contribution >= 4 is 17.5 Å². The number of pyridine rings is 1. The molecule has 0 bridgehead atoms. The maximum atomic E-state index is 13.9. The first kappa shape index (κ1) is 16.6. The number of amides is 2. The van der Waals surface area contributed by atoms with Gasteiger partial charge in [-0.2, -0.15) is 5.26 Å². The molecule has 1 aromatic carbocycles. The molecule has 3 rings (SSSR count). The van der Waals surface area contributed by atoms with E-state index in [9.17, 15) is 14.0 Å². The molecule has 7 heteroatoms. The van der Waals surface area contributed by atoms with Crippen molar-refractivity contribution in [1.29, 1.82) is 5.26 Å². The molecule has 2 amide bonds. The number of aromatic nitrogens is 1. The van der Waals surface area contributed by atoms with Crippen LogP contribution in [0.3, 0.4) is 0 Å². The fourth-order valence-corrected chi connectivity index (χ4v) is 2.87. The topological polar surface area (TPSA) is 77.3 Å². The molecule has 1 atom stereocenters. The molecule has 126 valence electrons. The van der Waals surface area contributed by atoms with E-state index in [1.807, 2.05) is 6.07 Å². The van der Waals surface area contributed by atoms with Crippen molar-refractivity contribution in [3.8, 4) is 6.07 Å². The van der Waals surface area contributed by atoms with E-state index in [1.165, 1.54) is 41.2 Å². The van der Waals surface area contributed by atoms with Gasteiger partial charge in [-0.25, -0.2) is 9.37 Å². The van der Waals surface area contributed by atoms with Gasteiger partial charge in [0.2, 0.25) is 5.91 Å². The number of nitriles is 1. The summed E-state index contributed by atoms with van der Waals surface area (Å²) in [5.74, 6) is -1.16. The van der Waals surface area contributed by atoms with Gasteiger partial charge in [-0.3, -0.25) is 9.59 Å². The molecule has 1 saturated heterocycles. The average molecular weight is 338 g/mol. The van der Waals surface area contributed by atoms with Crippen LogP contribution in [0.1, 0.15) is 22.5 Å². The Hall–Kier alpha value is -3.27. The third-order valence-corrected chi connectivity index (χ3v) is 4.23. The zero-order chi connectivity index (χ0) is 18.0. The Balaban J connectivity index is 1.78. The summed E-state index contributed by atoms with van der Waals surface area (Å²) in [7, 11) is 1.54. The molecule has 1 aromatic heterocycles. The van der Waals surface area contributed by atoms with E-state index >= 15 is 0 Å². The number of nitrogens with zero attached hydrogens (tertiary/aromatic N) is 4. The van der Waals surface area contributed by atoms with Crippen LogP contribution in [0.4, 0.5) is 10.1 Å². The molecule has 1 aliphatic heterocycles. The molecule has 1 fully saturated rings. The molecular formula is C18H15FN4O2. The van der Waals surface area contributed by atoms with Crippen LogP contribution in [-0.2, 0) is 4.79 Å². The van der Waals surface area contributed by atoms with Crippen LogP contribution in [0.5, 0.6) is 0 Å². The Bertz CT molecular complexity index is 860. The number of hydrogen-bond donors (Lipinski definition) is 0. The Morgan fingerprint density at radius 1 is 1.36 bits per heavy atom. The summed E-state index contributed by atoms with van der Waals surface area (Å²) < 4.78 is 13.9. The van der Waals surface area contributed by atoms with Crippen LogP contribution in [0.15, 0.2) is 42.6 Å². The second-order valence-corrected chi connectivity index (χ2v) is 5.71. The quantitative estimate of drug-likeness (QED) is 0.857. The Labute approximate surface area is 144 Å². The lowest BCUT2D eigenvalue weighted by molar-refractivity contribution is -0.120. The van der Waals surface area contributed by atoms with Gasteiger partial charge >= 0.3 is 0 Å². The van der Waals surface area contributed by atoms with Crippen LogP contribution in [0.2, 0.25) is 0 Å². The van der Waals surface area contributed by atoms with Crippen LogP contribution in [-0.4, -0.2) is 41.3 Å². The first-order chi connectivity index (χ1) is 12.0. The predicted octanol–water partition coefficient (Wildman–Crippen LogP) is 1.97. The third kappa shape index (κ3) is 3.06. The lowest BCUT2D eigenvalue weighted by atomic mass is 10.1. The summed E-state index contributed by atoms with van der Waals surface area (Å²) in [6.07, 6.45) is 1.73. The molecule has 0 spiro atoms. The van der Waals surface area contributed by atoms with Crippen molar-refractivity contribution in [2.24, 2.45) is 0 Å². The van der Waals surface area contributed by atoms with Gasteiger partial charge in [-0.1, -0.05) is 12.1 Å². The SMILES string of the molecule is CN(C(=O)c1ccc(C#N)nc1)C1CCN(c2ccccc2F)C1=O. The van der Waals surface area contributed by atoms with Gasteiger partial charge in [0.15, 0.2) is 0 Å². The zero-order valence-corrected chi connectivity index (χ0v) is 13.5. The monoisotopic (exact) mass is 338 g/mol. The minimum atomic E-state index is -0.664. The summed E-state index contributed by atoms with van der Waals surface area (Å²) in [5, 5.41) is 8.75. The van der Waals surface area contributed by atoms with Crippen molar-refractivity contribution < 1.29 is 14.0 Å². The molecular weight excluding hydrogens is 323 g/mol. The van der Waals surface area contributed by atoms with Crippen LogP contribution >= 0.6 is 0 Å². The predicted molar refractivity (Wildman–Crippen MR) is 88.2 cm³/mol. The summed E-state index contributed by atoms with van der Waals surface area (Å²) in [4.78, 5) is 31.8. The number of halogens is 1. The van der Waals surface area contributed by atoms with E-state index in [-0.39, 0.29) is 23.2 Å². The van der Waals surface area contributed by atoms with E-state index in [0.717, 1.165) is 0 Å². The van der Waals surface area contributed by atoms with Crippen molar-refractivity contribution in [1.82, 2.24) is 9.88 Å². The molecule has 0 saturated carbocycles. The highest BCUT2D eigenvalue weighted by molar-refractivity contribution is 6.03. The third-order valence-electron chi connectivity index (χ3n) is 4.23. The minimum absolute atomic E-state index is 0.210. The van der Waals surface area contributed by atoms with Crippen molar-refractivity contribution in [3.63, 3.8) is 0 Å². The molecule has 6 nitrogen and oxygen atoms in total. The van der Waals surface area contributed by atoms with Crippen molar-refractivity contribution in [2.75, 3.05) is 18.5 Å². The maximum Gasteiger partial charge on any atom is 0.255 e. The molecule has 1 aliphatic rings. The first-order valence-electron chi connectivity index (χ1n) is 7.72. The summed E-state index contributed by atoms with van der Waals surface area (Å²) in [5.41, 5.74) is 0.719. The second-order valence-electron chi connectivity index (χ2n) is 5.71. The number of carbonyl (C=O) groups is 2. The number of para-hydroxylation sites is 1. The van der Waals surface area contributed by atoms with Gasteiger partial charge in [0, 0.05) is 19.8 Å². The van der Waals surface area contributed by atoms with Gasteiger partial charge in [0.05, 0.1) is 11.3 Å². The van der Waals surface area contributed by atoms with Gasteiger partial charge < -0.3 is 9.80 Å².